The number of nitrogens with two attached hydrogens (primary N) is 1. The van der Waals surface area contributed by atoms with Crippen LogP contribution in [0.5, 0.6) is 0 Å². The Kier molecular flexibility index (Phi) is 5.19. The van der Waals surface area contributed by atoms with Gasteiger partial charge in [-0.15, -0.1) is 0 Å². The lowest BCUT2D eigenvalue weighted by molar-refractivity contribution is 0.914. The number of hydrogen-bond donors (Lipinski definition) is 1. The largest absolute Gasteiger partial charge is 0.325 e. The molecule has 0 amide bonds. The number of halogens is 1. The average Bonchev–Trinajstić information content (AvgIpc) is 2.16. The Morgan fingerprint density at radius 3 is 2.50 bits per heavy atom. The molecule has 2 heteroatoms. The van der Waals surface area contributed by atoms with E-state index in [1.165, 1.54) is 5.56 Å². The van der Waals surface area contributed by atoms with Crippen molar-refractivity contribution in [3.05, 3.63) is 48.0 Å². The molecule has 1 nitrogen and oxygen atoms in total. The van der Waals surface area contributed by atoms with Crippen molar-refractivity contribution in [3.63, 3.8) is 0 Å². The van der Waals surface area contributed by atoms with Gasteiger partial charge < -0.3 is 5.73 Å². The zero-order valence-electron chi connectivity index (χ0n) is 8.36. The number of benzene rings is 1. The first-order valence-electron chi connectivity index (χ1n) is 4.80. The summed E-state index contributed by atoms with van der Waals surface area (Å²) in [6.07, 6.45) is 5.31. The molecule has 0 aliphatic heterocycles. The second kappa shape index (κ2) is 6.19. The van der Waals surface area contributed by atoms with Crippen molar-refractivity contribution in [1.82, 2.24) is 0 Å². The summed E-state index contributed by atoms with van der Waals surface area (Å²) in [5.74, 6) is 0. The lowest BCUT2D eigenvalue weighted by Gasteiger charge is -2.05. The first kappa shape index (κ1) is 11.7. The molecule has 0 saturated carbocycles. The Bertz CT molecular complexity index is 280. The molecule has 1 aromatic rings. The molecule has 2 N–H and O–H groups in total. The maximum Gasteiger partial charge on any atom is 0.0330 e. The number of hydrogen-bond acceptors (Lipinski definition) is 1. The molecule has 1 aromatic carbocycles. The monoisotopic (exact) mass is 301 g/mol. The van der Waals surface area contributed by atoms with Crippen LogP contribution in [-0.2, 0) is 6.42 Å². The summed E-state index contributed by atoms with van der Waals surface area (Å²) in [4.78, 5) is 0. The van der Waals surface area contributed by atoms with Crippen LogP contribution in [0.15, 0.2) is 42.5 Å². The van der Waals surface area contributed by atoms with E-state index in [9.17, 15) is 0 Å². The van der Waals surface area contributed by atoms with E-state index in [0.29, 0.717) is 3.92 Å². The molecule has 0 heterocycles. The molecular formula is C12H16IN. The highest BCUT2D eigenvalue weighted by Gasteiger charge is 2.00. The van der Waals surface area contributed by atoms with Crippen LogP contribution in [0.1, 0.15) is 12.5 Å². The maximum atomic E-state index is 5.64. The fourth-order valence-electron chi connectivity index (χ4n) is 1.20. The Hall–Kier alpha value is -0.350. The van der Waals surface area contributed by atoms with Crippen LogP contribution in [0.2, 0.25) is 0 Å². The van der Waals surface area contributed by atoms with Gasteiger partial charge in [0.15, 0.2) is 0 Å². The lowest BCUT2D eigenvalue weighted by Crippen LogP contribution is -2.11. The average molecular weight is 301 g/mol. The van der Waals surface area contributed by atoms with E-state index >= 15 is 0 Å². The van der Waals surface area contributed by atoms with Gasteiger partial charge in [-0.1, -0.05) is 65.1 Å². The van der Waals surface area contributed by atoms with E-state index < -0.39 is 0 Å². The van der Waals surface area contributed by atoms with E-state index in [4.69, 9.17) is 5.73 Å². The molecule has 2 atom stereocenters. The quantitative estimate of drug-likeness (QED) is 0.516. The van der Waals surface area contributed by atoms with Crippen LogP contribution >= 0.6 is 22.6 Å². The van der Waals surface area contributed by atoms with Gasteiger partial charge in [-0.3, -0.25) is 0 Å². The molecule has 0 aliphatic carbocycles. The van der Waals surface area contributed by atoms with Crippen molar-refractivity contribution in [3.8, 4) is 0 Å². The van der Waals surface area contributed by atoms with Crippen LogP contribution in [0.4, 0.5) is 0 Å². The van der Waals surface area contributed by atoms with E-state index in [1.54, 1.807) is 0 Å². The molecule has 0 radical (unpaired) electrons. The van der Waals surface area contributed by atoms with Gasteiger partial charge in [-0.25, -0.2) is 0 Å². The van der Waals surface area contributed by atoms with Gasteiger partial charge in [0, 0.05) is 9.97 Å². The van der Waals surface area contributed by atoms with Crippen LogP contribution in [0, 0.1) is 0 Å². The second-order valence-corrected chi connectivity index (χ2v) is 5.05. The first-order valence-corrected chi connectivity index (χ1v) is 6.05. The number of alkyl halides is 1. The minimum atomic E-state index is 0.156. The normalized spacial score (nSPS) is 15.6. The topological polar surface area (TPSA) is 26.0 Å². The molecule has 14 heavy (non-hydrogen) atoms. The Morgan fingerprint density at radius 1 is 1.29 bits per heavy atom. The van der Waals surface area contributed by atoms with Gasteiger partial charge >= 0.3 is 0 Å². The molecule has 0 saturated heterocycles. The van der Waals surface area contributed by atoms with Crippen molar-refractivity contribution in [2.75, 3.05) is 0 Å². The van der Waals surface area contributed by atoms with Crippen molar-refractivity contribution < 1.29 is 0 Å². The third-order valence-electron chi connectivity index (χ3n) is 1.90. The van der Waals surface area contributed by atoms with Gasteiger partial charge in [0.25, 0.3) is 0 Å². The summed E-state index contributed by atoms with van der Waals surface area (Å²) >= 11 is 2.44. The van der Waals surface area contributed by atoms with E-state index in [-0.39, 0.29) is 6.04 Å². The maximum absolute atomic E-state index is 5.64. The molecule has 0 fully saturated rings. The highest BCUT2D eigenvalue weighted by atomic mass is 127. The number of rotatable bonds is 4. The molecule has 1 rings (SSSR count). The van der Waals surface area contributed by atoms with E-state index in [2.05, 4.69) is 59.0 Å². The first-order chi connectivity index (χ1) is 6.68. The highest BCUT2D eigenvalue weighted by molar-refractivity contribution is 14.1. The predicted molar refractivity (Wildman–Crippen MR) is 70.7 cm³/mol. The smallest absolute Gasteiger partial charge is 0.0330 e. The molecule has 0 spiro atoms. The van der Waals surface area contributed by atoms with Gasteiger partial charge in [-0.2, -0.15) is 0 Å². The van der Waals surface area contributed by atoms with Crippen molar-refractivity contribution in [2.24, 2.45) is 5.73 Å². The van der Waals surface area contributed by atoms with Crippen LogP contribution in [0.25, 0.3) is 0 Å². The fourth-order valence-corrected chi connectivity index (χ4v) is 1.95. The second-order valence-electron chi connectivity index (χ2n) is 3.45. The van der Waals surface area contributed by atoms with Gasteiger partial charge in [0.05, 0.1) is 0 Å². The van der Waals surface area contributed by atoms with Crippen molar-refractivity contribution in [1.29, 1.82) is 0 Å². The van der Waals surface area contributed by atoms with Crippen molar-refractivity contribution >= 4 is 22.6 Å². The summed E-state index contributed by atoms with van der Waals surface area (Å²) < 4.78 is 0.529. The SMILES string of the molecule is C[C@H](N)/C=C/[C@@H](I)Cc1ccccc1. The molecule has 0 aromatic heterocycles. The summed E-state index contributed by atoms with van der Waals surface area (Å²) in [5, 5.41) is 0. The van der Waals surface area contributed by atoms with Crippen LogP contribution < -0.4 is 5.73 Å². The van der Waals surface area contributed by atoms with Gasteiger partial charge in [0.1, 0.15) is 0 Å². The van der Waals surface area contributed by atoms with Crippen LogP contribution in [-0.4, -0.2) is 9.97 Å². The third-order valence-corrected chi connectivity index (χ3v) is 2.75. The Labute approximate surface area is 99.5 Å². The summed E-state index contributed by atoms with van der Waals surface area (Å²) in [5.41, 5.74) is 7.02. The highest BCUT2D eigenvalue weighted by Crippen LogP contribution is 2.11. The molecule has 76 valence electrons. The molecule has 0 bridgehead atoms. The predicted octanol–water partition coefficient (Wildman–Crippen LogP) is 2.94. The van der Waals surface area contributed by atoms with Crippen molar-refractivity contribution in [2.45, 2.75) is 23.3 Å². The Morgan fingerprint density at radius 2 is 1.93 bits per heavy atom. The molecular weight excluding hydrogens is 285 g/mol. The van der Waals surface area contributed by atoms with Gasteiger partial charge in [-0.05, 0) is 18.9 Å². The van der Waals surface area contributed by atoms with Gasteiger partial charge in [0.2, 0.25) is 0 Å². The Balaban J connectivity index is 2.45. The standard InChI is InChI=1S/C12H16IN/c1-10(14)7-8-12(13)9-11-5-3-2-4-6-11/h2-8,10,12H,9,14H2,1H3/b8-7+/t10-,12+/m0/s1. The zero-order valence-corrected chi connectivity index (χ0v) is 10.5. The molecule has 0 unspecified atom stereocenters. The summed E-state index contributed by atoms with van der Waals surface area (Å²) in [7, 11) is 0. The fraction of sp³-hybridized carbons (Fsp3) is 0.333. The zero-order chi connectivity index (χ0) is 10.4. The minimum Gasteiger partial charge on any atom is -0.325 e. The minimum absolute atomic E-state index is 0.156. The van der Waals surface area contributed by atoms with E-state index in [0.717, 1.165) is 6.42 Å². The number of allylic oxidation sites excluding steroid dienone is 1. The third kappa shape index (κ3) is 4.77. The summed E-state index contributed by atoms with van der Waals surface area (Å²) in [6, 6.07) is 10.7. The summed E-state index contributed by atoms with van der Waals surface area (Å²) in [6.45, 7) is 1.99. The van der Waals surface area contributed by atoms with E-state index in [1.807, 2.05) is 13.0 Å². The lowest BCUT2D eigenvalue weighted by atomic mass is 10.1. The molecule has 0 aliphatic rings. The van der Waals surface area contributed by atoms with Crippen LogP contribution in [0.3, 0.4) is 0 Å².